The zero-order valence-corrected chi connectivity index (χ0v) is 18.9. The molecule has 1 aliphatic heterocycles. The number of ether oxygens (including phenoxy) is 3. The lowest BCUT2D eigenvalue weighted by molar-refractivity contribution is -0.314. The van der Waals surface area contributed by atoms with E-state index in [1.807, 2.05) is 26.0 Å². The summed E-state index contributed by atoms with van der Waals surface area (Å²) in [6.45, 7) is 6.52. The summed E-state index contributed by atoms with van der Waals surface area (Å²) in [7, 11) is 0. The first-order valence-electron chi connectivity index (χ1n) is 11.8. The van der Waals surface area contributed by atoms with Gasteiger partial charge in [0.15, 0.2) is 12.0 Å². The SMILES string of the molecule is CCCCC(F)C1(OCC)CC[C@H]2[C@@H](CC(=O)[C@@H]2/C=C\CCCCC(=O)OCC)O1. The van der Waals surface area contributed by atoms with Crippen LogP contribution in [0.1, 0.15) is 85.0 Å². The van der Waals surface area contributed by atoms with E-state index in [9.17, 15) is 9.59 Å². The topological polar surface area (TPSA) is 61.8 Å². The second-order valence-corrected chi connectivity index (χ2v) is 8.39. The van der Waals surface area contributed by atoms with Gasteiger partial charge in [-0.15, -0.1) is 0 Å². The van der Waals surface area contributed by atoms with E-state index in [1.54, 1.807) is 6.92 Å². The number of carbonyl (C=O) groups is 2. The second-order valence-electron chi connectivity index (χ2n) is 8.39. The average molecular weight is 427 g/mol. The van der Waals surface area contributed by atoms with Crippen LogP contribution in [0.5, 0.6) is 0 Å². The van der Waals surface area contributed by atoms with Gasteiger partial charge in [0.2, 0.25) is 0 Å². The predicted octanol–water partition coefficient (Wildman–Crippen LogP) is 5.31. The number of fused-ring (bicyclic) bond motifs is 1. The lowest BCUT2D eigenvalue weighted by atomic mass is 9.83. The molecule has 2 rings (SSSR count). The van der Waals surface area contributed by atoms with Gasteiger partial charge in [0.05, 0.1) is 12.7 Å². The molecule has 1 aliphatic carbocycles. The molecule has 5 atom stereocenters. The monoisotopic (exact) mass is 426 g/mol. The Kier molecular flexibility index (Phi) is 10.5. The Morgan fingerprint density at radius 2 is 2.07 bits per heavy atom. The molecule has 1 saturated carbocycles. The van der Waals surface area contributed by atoms with Crippen LogP contribution in [0.2, 0.25) is 0 Å². The van der Waals surface area contributed by atoms with Crippen LogP contribution in [0, 0.1) is 11.8 Å². The molecule has 0 bridgehead atoms. The van der Waals surface area contributed by atoms with Gasteiger partial charge in [-0.1, -0.05) is 31.9 Å². The number of rotatable bonds is 13. The average Bonchev–Trinajstić information content (AvgIpc) is 3.03. The maximum atomic E-state index is 15.0. The third kappa shape index (κ3) is 6.61. The highest BCUT2D eigenvalue weighted by molar-refractivity contribution is 5.86. The number of esters is 1. The van der Waals surface area contributed by atoms with Crippen molar-refractivity contribution in [3.05, 3.63) is 12.2 Å². The molecule has 1 heterocycles. The first kappa shape index (κ1) is 25.0. The maximum Gasteiger partial charge on any atom is 0.305 e. The Labute approximate surface area is 180 Å². The highest BCUT2D eigenvalue weighted by Crippen LogP contribution is 2.46. The number of hydrogen-bond donors (Lipinski definition) is 0. The molecule has 1 saturated heterocycles. The standard InChI is InChI=1S/C24H39FO5/c1-4-7-13-22(25)24(29-6-3)16-15-19-18(20(26)17-21(19)30-24)12-10-8-9-11-14-23(27)28-5-2/h10,12,18-19,21-22H,4-9,11,13-17H2,1-3H3/b12-10-/t18-,19-,21-,22?,24?/m1/s1. The molecule has 5 nitrogen and oxygen atoms in total. The van der Waals surface area contributed by atoms with Crippen molar-refractivity contribution in [3.8, 4) is 0 Å². The summed E-state index contributed by atoms with van der Waals surface area (Å²) >= 11 is 0. The molecule has 2 unspecified atom stereocenters. The molecular formula is C24H39FO5. The Morgan fingerprint density at radius 3 is 2.77 bits per heavy atom. The quantitative estimate of drug-likeness (QED) is 0.227. The van der Waals surface area contributed by atoms with E-state index in [2.05, 4.69) is 0 Å². The molecule has 0 aromatic rings. The lowest BCUT2D eigenvalue weighted by Gasteiger charge is -2.44. The van der Waals surface area contributed by atoms with Gasteiger partial charge in [-0.3, -0.25) is 9.59 Å². The molecule has 0 aromatic heterocycles. The third-order valence-electron chi connectivity index (χ3n) is 6.22. The van der Waals surface area contributed by atoms with Gasteiger partial charge in [-0.2, -0.15) is 0 Å². The highest BCUT2D eigenvalue weighted by Gasteiger charge is 2.53. The Bertz CT molecular complexity index is 578. The van der Waals surface area contributed by atoms with Crippen molar-refractivity contribution in [1.82, 2.24) is 0 Å². The fourth-order valence-corrected chi connectivity index (χ4v) is 4.67. The van der Waals surface area contributed by atoms with Crippen molar-refractivity contribution < 1.29 is 28.2 Å². The summed E-state index contributed by atoms with van der Waals surface area (Å²) in [6.07, 6.45) is 9.25. The Morgan fingerprint density at radius 1 is 1.27 bits per heavy atom. The van der Waals surface area contributed by atoms with Crippen molar-refractivity contribution in [2.45, 2.75) is 103 Å². The van der Waals surface area contributed by atoms with Crippen LogP contribution in [-0.4, -0.2) is 43.0 Å². The molecule has 0 aromatic carbocycles. The van der Waals surface area contributed by atoms with Crippen LogP contribution < -0.4 is 0 Å². The fourth-order valence-electron chi connectivity index (χ4n) is 4.67. The normalized spacial score (nSPS) is 29.9. The van der Waals surface area contributed by atoms with E-state index in [0.717, 1.165) is 38.5 Å². The number of unbranched alkanes of at least 4 members (excludes halogenated alkanes) is 3. The minimum absolute atomic E-state index is 0.0974. The Hall–Kier alpha value is -1.27. The Balaban J connectivity index is 1.87. The summed E-state index contributed by atoms with van der Waals surface area (Å²) < 4.78 is 31.9. The first-order chi connectivity index (χ1) is 14.5. The number of hydrogen-bond acceptors (Lipinski definition) is 5. The molecule has 2 fully saturated rings. The number of alkyl halides is 1. The summed E-state index contributed by atoms with van der Waals surface area (Å²) in [5, 5.41) is 0. The predicted molar refractivity (Wildman–Crippen MR) is 114 cm³/mol. The molecule has 2 aliphatic rings. The largest absolute Gasteiger partial charge is 0.466 e. The van der Waals surface area contributed by atoms with E-state index in [4.69, 9.17) is 14.2 Å². The lowest BCUT2D eigenvalue weighted by Crippen LogP contribution is -2.52. The zero-order chi connectivity index (χ0) is 22.0. The van der Waals surface area contributed by atoms with Crippen LogP contribution in [0.25, 0.3) is 0 Å². The second kappa shape index (κ2) is 12.6. The van der Waals surface area contributed by atoms with E-state index < -0.39 is 12.0 Å². The van der Waals surface area contributed by atoms with Gasteiger partial charge in [-0.05, 0) is 51.9 Å². The fraction of sp³-hybridized carbons (Fsp3) is 0.833. The van der Waals surface area contributed by atoms with E-state index in [1.165, 1.54) is 0 Å². The molecule has 0 N–H and O–H groups in total. The van der Waals surface area contributed by atoms with Gasteiger partial charge in [-0.25, -0.2) is 4.39 Å². The molecule has 0 amide bonds. The summed E-state index contributed by atoms with van der Waals surface area (Å²) in [4.78, 5) is 24.0. The van der Waals surface area contributed by atoms with Crippen LogP contribution >= 0.6 is 0 Å². The minimum Gasteiger partial charge on any atom is -0.466 e. The summed E-state index contributed by atoms with van der Waals surface area (Å²) in [6, 6.07) is 0. The van der Waals surface area contributed by atoms with Crippen LogP contribution in [0.15, 0.2) is 12.2 Å². The van der Waals surface area contributed by atoms with Crippen LogP contribution in [0.4, 0.5) is 4.39 Å². The molecule has 172 valence electrons. The van der Waals surface area contributed by atoms with E-state index in [-0.39, 0.29) is 29.7 Å². The summed E-state index contributed by atoms with van der Waals surface area (Å²) in [5.41, 5.74) is 0. The van der Waals surface area contributed by atoms with Gasteiger partial charge >= 0.3 is 5.97 Å². The van der Waals surface area contributed by atoms with Crippen molar-refractivity contribution >= 4 is 11.8 Å². The van der Waals surface area contributed by atoms with E-state index in [0.29, 0.717) is 38.9 Å². The molecule has 30 heavy (non-hydrogen) atoms. The smallest absolute Gasteiger partial charge is 0.305 e. The van der Waals surface area contributed by atoms with Crippen LogP contribution in [0.3, 0.4) is 0 Å². The van der Waals surface area contributed by atoms with Crippen molar-refractivity contribution in [2.75, 3.05) is 13.2 Å². The minimum atomic E-state index is -1.20. The van der Waals surface area contributed by atoms with Gasteiger partial charge < -0.3 is 14.2 Å². The van der Waals surface area contributed by atoms with Crippen molar-refractivity contribution in [2.24, 2.45) is 11.8 Å². The van der Waals surface area contributed by atoms with Gasteiger partial charge in [0, 0.05) is 31.8 Å². The van der Waals surface area contributed by atoms with Crippen molar-refractivity contribution in [1.29, 1.82) is 0 Å². The highest BCUT2D eigenvalue weighted by atomic mass is 19.1. The van der Waals surface area contributed by atoms with Gasteiger partial charge in [0.1, 0.15) is 5.78 Å². The molecule has 6 heteroatoms. The molecule has 0 radical (unpaired) electrons. The number of ketones is 1. The van der Waals surface area contributed by atoms with E-state index >= 15 is 4.39 Å². The number of Topliss-reactive ketones (excluding diaryl/α,β-unsaturated/α-hetero) is 1. The summed E-state index contributed by atoms with van der Waals surface area (Å²) in [5.74, 6) is -1.24. The van der Waals surface area contributed by atoms with Gasteiger partial charge in [0.25, 0.3) is 0 Å². The number of allylic oxidation sites excluding steroid dienone is 2. The number of carbonyl (C=O) groups excluding carboxylic acids is 2. The maximum absolute atomic E-state index is 15.0. The molecule has 0 spiro atoms. The third-order valence-corrected chi connectivity index (χ3v) is 6.22. The van der Waals surface area contributed by atoms with Crippen molar-refractivity contribution in [3.63, 3.8) is 0 Å². The number of halogens is 1. The molecular weight excluding hydrogens is 387 g/mol. The first-order valence-corrected chi connectivity index (χ1v) is 11.8. The zero-order valence-electron chi connectivity index (χ0n) is 18.9. The van der Waals surface area contributed by atoms with Crippen LogP contribution in [-0.2, 0) is 23.8 Å².